The molecule has 0 aliphatic heterocycles. The van der Waals surface area contributed by atoms with E-state index < -0.39 is 5.97 Å². The molecule has 0 spiro atoms. The van der Waals surface area contributed by atoms with Crippen LogP contribution in [0, 0.1) is 0 Å². The normalized spacial score (nSPS) is 14.4. The highest BCUT2D eigenvalue weighted by atomic mass is 16.4. The van der Waals surface area contributed by atoms with Gasteiger partial charge in [-0.25, -0.2) is 4.79 Å². The minimum Gasteiger partial charge on any atom is -0.477 e. The lowest BCUT2D eigenvalue weighted by molar-refractivity contribution is 0.0691. The Morgan fingerprint density at radius 1 is 1.40 bits per heavy atom. The first-order valence-corrected chi connectivity index (χ1v) is 4.99. The number of nitrogens with one attached hydrogen (secondary N) is 1. The van der Waals surface area contributed by atoms with Crippen molar-refractivity contribution in [1.29, 1.82) is 0 Å². The van der Waals surface area contributed by atoms with Gasteiger partial charge >= 0.3 is 5.97 Å². The second kappa shape index (κ2) is 2.82. The maximum absolute atomic E-state index is 10.8. The number of carbonyl (C=O) groups is 1. The first-order valence-electron chi connectivity index (χ1n) is 4.99. The van der Waals surface area contributed by atoms with Gasteiger partial charge in [0.05, 0.1) is 11.0 Å². The van der Waals surface area contributed by atoms with Crippen molar-refractivity contribution in [3.8, 4) is 0 Å². The quantitative estimate of drug-likeness (QED) is 0.740. The molecule has 1 aliphatic carbocycles. The molecular weight excluding hydrogens is 192 g/mol. The van der Waals surface area contributed by atoms with Crippen LogP contribution in [0.25, 0.3) is 11.0 Å². The van der Waals surface area contributed by atoms with E-state index in [0.717, 1.165) is 36.0 Å². The summed E-state index contributed by atoms with van der Waals surface area (Å²) in [4.78, 5) is 18.1. The number of aromatic carboxylic acids is 1. The number of aromatic nitrogens is 2. The molecule has 15 heavy (non-hydrogen) atoms. The van der Waals surface area contributed by atoms with Gasteiger partial charge in [0, 0.05) is 5.69 Å². The second-order valence-corrected chi connectivity index (χ2v) is 3.87. The summed E-state index contributed by atoms with van der Waals surface area (Å²) in [5, 5.41) is 8.84. The Labute approximate surface area is 86.0 Å². The van der Waals surface area contributed by atoms with Gasteiger partial charge in [-0.1, -0.05) is 0 Å². The van der Waals surface area contributed by atoms with E-state index in [-0.39, 0.29) is 5.69 Å². The predicted octanol–water partition coefficient (Wildman–Crippen LogP) is 1.75. The number of carboxylic acid groups (broad SMARTS) is 1. The van der Waals surface area contributed by atoms with Crippen molar-refractivity contribution in [3.63, 3.8) is 0 Å². The Morgan fingerprint density at radius 3 is 3.07 bits per heavy atom. The van der Waals surface area contributed by atoms with Crippen LogP contribution in [-0.2, 0) is 12.8 Å². The van der Waals surface area contributed by atoms with E-state index in [4.69, 9.17) is 5.11 Å². The summed E-state index contributed by atoms with van der Waals surface area (Å²) in [5.74, 6) is -0.937. The lowest BCUT2D eigenvalue weighted by atomic mass is 10.2. The average molecular weight is 202 g/mol. The van der Waals surface area contributed by atoms with Crippen LogP contribution in [0.2, 0.25) is 0 Å². The van der Waals surface area contributed by atoms with Crippen LogP contribution in [0.1, 0.15) is 28.2 Å². The molecule has 0 radical (unpaired) electrons. The molecule has 0 saturated carbocycles. The Kier molecular flexibility index (Phi) is 1.59. The minimum atomic E-state index is -0.937. The first-order chi connectivity index (χ1) is 7.24. The van der Waals surface area contributed by atoms with Gasteiger partial charge in [-0.2, -0.15) is 0 Å². The maximum Gasteiger partial charge on any atom is 0.352 e. The van der Waals surface area contributed by atoms with Crippen molar-refractivity contribution in [2.24, 2.45) is 0 Å². The zero-order valence-corrected chi connectivity index (χ0v) is 8.08. The van der Waals surface area contributed by atoms with Crippen LogP contribution in [0.3, 0.4) is 0 Å². The Balaban J connectivity index is 2.24. The number of aryl methyl sites for hydroxylation is 2. The number of fused-ring (bicyclic) bond motifs is 2. The summed E-state index contributed by atoms with van der Waals surface area (Å²) >= 11 is 0. The van der Waals surface area contributed by atoms with Crippen LogP contribution in [0.15, 0.2) is 12.1 Å². The van der Waals surface area contributed by atoms with Gasteiger partial charge in [-0.3, -0.25) is 4.98 Å². The van der Waals surface area contributed by atoms with E-state index in [2.05, 4.69) is 9.97 Å². The maximum atomic E-state index is 10.8. The van der Waals surface area contributed by atoms with Gasteiger partial charge in [0.15, 0.2) is 0 Å². The van der Waals surface area contributed by atoms with Gasteiger partial charge < -0.3 is 10.1 Å². The molecule has 3 rings (SSSR count). The smallest absolute Gasteiger partial charge is 0.352 e. The number of hydrogen-bond donors (Lipinski definition) is 2. The fraction of sp³-hybridized carbons (Fsp3) is 0.273. The highest BCUT2D eigenvalue weighted by Gasteiger charge is 2.15. The number of rotatable bonds is 1. The molecule has 2 aromatic rings. The Bertz CT molecular complexity index is 516. The molecule has 0 aromatic carbocycles. The molecule has 4 heteroatoms. The van der Waals surface area contributed by atoms with Gasteiger partial charge in [-0.15, -0.1) is 0 Å². The third-order valence-electron chi connectivity index (χ3n) is 2.86. The van der Waals surface area contributed by atoms with Crippen LogP contribution in [-0.4, -0.2) is 21.0 Å². The third-order valence-corrected chi connectivity index (χ3v) is 2.86. The van der Waals surface area contributed by atoms with E-state index in [0.29, 0.717) is 0 Å². The summed E-state index contributed by atoms with van der Waals surface area (Å²) in [6.07, 6.45) is 3.22. The molecule has 0 atom stereocenters. The molecule has 0 amide bonds. The summed E-state index contributed by atoms with van der Waals surface area (Å²) < 4.78 is 0. The van der Waals surface area contributed by atoms with Gasteiger partial charge in [-0.05, 0) is 37.0 Å². The molecule has 0 unspecified atom stereocenters. The SMILES string of the molecule is O=C(O)c1cc2nc3c(cc2[nH]1)CCC3. The van der Waals surface area contributed by atoms with E-state index >= 15 is 0 Å². The largest absolute Gasteiger partial charge is 0.477 e. The molecule has 4 nitrogen and oxygen atoms in total. The summed E-state index contributed by atoms with van der Waals surface area (Å²) in [6, 6.07) is 3.62. The van der Waals surface area contributed by atoms with Crippen LogP contribution in [0.5, 0.6) is 0 Å². The zero-order chi connectivity index (χ0) is 10.4. The Hall–Kier alpha value is -1.84. The number of hydrogen-bond acceptors (Lipinski definition) is 2. The Morgan fingerprint density at radius 2 is 2.27 bits per heavy atom. The fourth-order valence-corrected chi connectivity index (χ4v) is 2.13. The third kappa shape index (κ3) is 1.21. The zero-order valence-electron chi connectivity index (χ0n) is 8.08. The fourth-order valence-electron chi connectivity index (χ4n) is 2.13. The lowest BCUT2D eigenvalue weighted by Crippen LogP contribution is -1.94. The molecule has 2 heterocycles. The van der Waals surface area contributed by atoms with Crippen molar-refractivity contribution >= 4 is 17.0 Å². The molecule has 1 aliphatic rings. The monoisotopic (exact) mass is 202 g/mol. The number of H-pyrrole nitrogens is 1. The van der Waals surface area contributed by atoms with Gasteiger partial charge in [0.1, 0.15) is 5.69 Å². The van der Waals surface area contributed by atoms with Crippen molar-refractivity contribution < 1.29 is 9.90 Å². The molecular formula is C11H10N2O2. The van der Waals surface area contributed by atoms with Crippen LogP contribution < -0.4 is 0 Å². The van der Waals surface area contributed by atoms with E-state index in [9.17, 15) is 4.79 Å². The van der Waals surface area contributed by atoms with Gasteiger partial charge in [0.2, 0.25) is 0 Å². The first kappa shape index (κ1) is 8.47. The van der Waals surface area contributed by atoms with E-state index in [1.807, 2.05) is 6.07 Å². The van der Waals surface area contributed by atoms with Crippen molar-refractivity contribution in [1.82, 2.24) is 9.97 Å². The van der Waals surface area contributed by atoms with Crippen molar-refractivity contribution in [2.75, 3.05) is 0 Å². The molecule has 76 valence electrons. The number of nitrogens with zero attached hydrogens (tertiary/aromatic N) is 1. The lowest BCUT2D eigenvalue weighted by Gasteiger charge is -1.97. The topological polar surface area (TPSA) is 66.0 Å². The summed E-state index contributed by atoms with van der Waals surface area (Å²) in [5.41, 5.74) is 4.17. The summed E-state index contributed by atoms with van der Waals surface area (Å²) in [6.45, 7) is 0. The number of aromatic amines is 1. The predicted molar refractivity (Wildman–Crippen MR) is 55.1 cm³/mol. The average Bonchev–Trinajstić information content (AvgIpc) is 2.77. The highest BCUT2D eigenvalue weighted by molar-refractivity contribution is 5.92. The minimum absolute atomic E-state index is 0.209. The van der Waals surface area contributed by atoms with Crippen molar-refractivity contribution in [2.45, 2.75) is 19.3 Å². The van der Waals surface area contributed by atoms with E-state index in [1.165, 1.54) is 5.56 Å². The standard InChI is InChI=1S/C11H10N2O2/c14-11(15)10-5-9-8(13-10)4-6-2-1-3-7(6)12-9/h4-5,13H,1-3H2,(H,14,15). The molecule has 0 saturated heterocycles. The number of carboxylic acids is 1. The van der Waals surface area contributed by atoms with E-state index in [1.54, 1.807) is 6.07 Å². The number of pyridine rings is 1. The van der Waals surface area contributed by atoms with Crippen LogP contribution in [0.4, 0.5) is 0 Å². The summed E-state index contributed by atoms with van der Waals surface area (Å²) in [7, 11) is 0. The van der Waals surface area contributed by atoms with Gasteiger partial charge in [0.25, 0.3) is 0 Å². The molecule has 0 fully saturated rings. The molecule has 2 aromatic heterocycles. The highest BCUT2D eigenvalue weighted by Crippen LogP contribution is 2.24. The van der Waals surface area contributed by atoms with Crippen molar-refractivity contribution in [3.05, 3.63) is 29.1 Å². The molecule has 0 bridgehead atoms. The van der Waals surface area contributed by atoms with Crippen LogP contribution >= 0.6 is 0 Å². The molecule has 2 N–H and O–H groups in total. The second-order valence-electron chi connectivity index (χ2n) is 3.87.